The summed E-state index contributed by atoms with van der Waals surface area (Å²) in [5.41, 5.74) is 0.293. The van der Waals surface area contributed by atoms with Gasteiger partial charge in [-0.15, -0.1) is 0 Å². The van der Waals surface area contributed by atoms with E-state index >= 15 is 0 Å². The highest BCUT2D eigenvalue weighted by atomic mass is 16.5. The molecule has 0 aromatic carbocycles. The minimum absolute atomic E-state index is 0.293. The lowest BCUT2D eigenvalue weighted by molar-refractivity contribution is -0.124. The summed E-state index contributed by atoms with van der Waals surface area (Å²) in [4.78, 5) is 0. The summed E-state index contributed by atoms with van der Waals surface area (Å²) in [7, 11) is 0. The van der Waals surface area contributed by atoms with Gasteiger partial charge in [0.2, 0.25) is 0 Å². The molecule has 2 heteroatoms. The minimum Gasteiger partial charge on any atom is -0.377 e. The Kier molecular flexibility index (Phi) is 6.13. The number of rotatable bonds is 8. The first kappa shape index (κ1) is 16.0. The van der Waals surface area contributed by atoms with E-state index in [2.05, 4.69) is 46.9 Å². The molecule has 2 nitrogen and oxygen atoms in total. The molecular formula is C16H33NO. The lowest BCUT2D eigenvalue weighted by atomic mass is 9.64. The van der Waals surface area contributed by atoms with Crippen LogP contribution in [0.1, 0.15) is 60.8 Å². The van der Waals surface area contributed by atoms with Crippen LogP contribution in [-0.2, 0) is 4.74 Å². The zero-order valence-corrected chi connectivity index (χ0v) is 13.3. The maximum Gasteiger partial charge on any atom is 0.0656 e. The molecular weight excluding hydrogens is 222 g/mol. The predicted octanol–water partition coefficient (Wildman–Crippen LogP) is 3.85. The molecule has 2 atom stereocenters. The van der Waals surface area contributed by atoms with Crippen LogP contribution in [0.15, 0.2) is 0 Å². The molecule has 0 heterocycles. The van der Waals surface area contributed by atoms with Crippen LogP contribution < -0.4 is 5.32 Å². The molecule has 1 rings (SSSR count). The van der Waals surface area contributed by atoms with Crippen molar-refractivity contribution in [3.05, 3.63) is 0 Å². The van der Waals surface area contributed by atoms with Crippen LogP contribution in [-0.4, -0.2) is 25.3 Å². The molecule has 1 aliphatic carbocycles. The third-order valence-corrected chi connectivity index (χ3v) is 4.62. The smallest absolute Gasteiger partial charge is 0.0656 e. The molecule has 0 aliphatic heterocycles. The summed E-state index contributed by atoms with van der Waals surface area (Å²) in [6, 6.07) is 0.635. The fourth-order valence-corrected chi connectivity index (χ4v) is 2.71. The Hall–Kier alpha value is -0.0800. The molecule has 0 bridgehead atoms. The molecule has 1 N–H and O–H groups in total. The fraction of sp³-hybridized carbons (Fsp3) is 1.00. The summed E-state index contributed by atoms with van der Waals surface area (Å²) in [6.45, 7) is 15.7. The van der Waals surface area contributed by atoms with E-state index in [1.165, 1.54) is 19.3 Å². The molecule has 18 heavy (non-hydrogen) atoms. The van der Waals surface area contributed by atoms with Gasteiger partial charge in [-0.3, -0.25) is 0 Å². The van der Waals surface area contributed by atoms with Gasteiger partial charge in [-0.05, 0) is 24.8 Å². The molecule has 0 radical (unpaired) electrons. The van der Waals surface area contributed by atoms with Gasteiger partial charge in [0.25, 0.3) is 0 Å². The van der Waals surface area contributed by atoms with Crippen LogP contribution in [0.4, 0.5) is 0 Å². The number of ether oxygens (including phenoxy) is 1. The Bertz CT molecular complexity index is 233. The van der Waals surface area contributed by atoms with Gasteiger partial charge >= 0.3 is 0 Å². The standard InChI is InChI=1S/C16H33NO/c1-7-13(8-2)10-17-14-9-15(16(14,5)6)18-11-12(3)4/h12-15,17H,7-11H2,1-6H3. The Labute approximate surface area is 114 Å². The third kappa shape index (κ3) is 3.96. The zero-order chi connectivity index (χ0) is 13.8. The SMILES string of the molecule is CCC(CC)CNC1CC(OCC(C)C)C1(C)C. The van der Waals surface area contributed by atoms with Gasteiger partial charge in [-0.1, -0.05) is 54.4 Å². The van der Waals surface area contributed by atoms with E-state index in [-0.39, 0.29) is 0 Å². The van der Waals surface area contributed by atoms with Crippen LogP contribution in [0, 0.1) is 17.3 Å². The van der Waals surface area contributed by atoms with E-state index in [1.807, 2.05) is 0 Å². The maximum absolute atomic E-state index is 6.00. The highest BCUT2D eigenvalue weighted by Gasteiger charge is 2.48. The largest absolute Gasteiger partial charge is 0.377 e. The molecule has 0 saturated heterocycles. The Morgan fingerprint density at radius 1 is 1.22 bits per heavy atom. The van der Waals surface area contributed by atoms with Gasteiger partial charge in [-0.2, -0.15) is 0 Å². The number of hydrogen-bond donors (Lipinski definition) is 1. The highest BCUT2D eigenvalue weighted by Crippen LogP contribution is 2.43. The van der Waals surface area contributed by atoms with Crippen molar-refractivity contribution in [3.63, 3.8) is 0 Å². The first-order chi connectivity index (χ1) is 8.41. The normalized spacial score (nSPS) is 26.7. The summed E-state index contributed by atoms with van der Waals surface area (Å²) in [5.74, 6) is 1.47. The Morgan fingerprint density at radius 2 is 1.83 bits per heavy atom. The van der Waals surface area contributed by atoms with Crippen LogP contribution >= 0.6 is 0 Å². The molecule has 1 saturated carbocycles. The summed E-state index contributed by atoms with van der Waals surface area (Å²) >= 11 is 0. The molecule has 108 valence electrons. The van der Waals surface area contributed by atoms with E-state index in [0.29, 0.717) is 23.5 Å². The zero-order valence-electron chi connectivity index (χ0n) is 13.3. The van der Waals surface area contributed by atoms with Crippen molar-refractivity contribution < 1.29 is 4.74 Å². The van der Waals surface area contributed by atoms with Crippen molar-refractivity contribution in [1.82, 2.24) is 5.32 Å². The molecule has 0 amide bonds. The number of hydrogen-bond acceptors (Lipinski definition) is 2. The molecule has 1 aliphatic rings. The first-order valence-corrected chi connectivity index (χ1v) is 7.76. The predicted molar refractivity (Wildman–Crippen MR) is 78.8 cm³/mol. The van der Waals surface area contributed by atoms with Crippen LogP contribution in [0.5, 0.6) is 0 Å². The van der Waals surface area contributed by atoms with Crippen LogP contribution in [0.3, 0.4) is 0 Å². The average Bonchev–Trinajstić information content (AvgIpc) is 2.31. The lowest BCUT2D eigenvalue weighted by Gasteiger charge is -2.52. The van der Waals surface area contributed by atoms with E-state index in [1.54, 1.807) is 0 Å². The lowest BCUT2D eigenvalue weighted by Crippen LogP contribution is -2.61. The monoisotopic (exact) mass is 255 g/mol. The quantitative estimate of drug-likeness (QED) is 0.711. The highest BCUT2D eigenvalue weighted by molar-refractivity contribution is 5.02. The molecule has 2 unspecified atom stereocenters. The van der Waals surface area contributed by atoms with E-state index < -0.39 is 0 Å². The van der Waals surface area contributed by atoms with Crippen molar-refractivity contribution in [2.24, 2.45) is 17.3 Å². The van der Waals surface area contributed by atoms with Crippen molar-refractivity contribution in [2.75, 3.05) is 13.2 Å². The molecule has 1 fully saturated rings. The van der Waals surface area contributed by atoms with E-state index in [0.717, 1.165) is 19.1 Å². The van der Waals surface area contributed by atoms with Crippen LogP contribution in [0.25, 0.3) is 0 Å². The van der Waals surface area contributed by atoms with Gasteiger partial charge in [0, 0.05) is 18.1 Å². The first-order valence-electron chi connectivity index (χ1n) is 7.76. The second kappa shape index (κ2) is 6.91. The van der Waals surface area contributed by atoms with Gasteiger partial charge < -0.3 is 10.1 Å². The minimum atomic E-state index is 0.293. The van der Waals surface area contributed by atoms with Crippen LogP contribution in [0.2, 0.25) is 0 Å². The van der Waals surface area contributed by atoms with Crippen molar-refractivity contribution in [3.8, 4) is 0 Å². The Morgan fingerprint density at radius 3 is 2.28 bits per heavy atom. The fourth-order valence-electron chi connectivity index (χ4n) is 2.71. The van der Waals surface area contributed by atoms with Crippen molar-refractivity contribution in [2.45, 2.75) is 73.0 Å². The van der Waals surface area contributed by atoms with Gasteiger partial charge in [0.05, 0.1) is 6.10 Å². The van der Waals surface area contributed by atoms with Gasteiger partial charge in [-0.25, -0.2) is 0 Å². The summed E-state index contributed by atoms with van der Waals surface area (Å²) in [6.07, 6.45) is 4.19. The van der Waals surface area contributed by atoms with E-state index in [9.17, 15) is 0 Å². The Balaban J connectivity index is 2.30. The molecule has 0 aromatic heterocycles. The third-order valence-electron chi connectivity index (χ3n) is 4.62. The van der Waals surface area contributed by atoms with Gasteiger partial charge in [0.15, 0.2) is 0 Å². The van der Waals surface area contributed by atoms with Crippen molar-refractivity contribution in [1.29, 1.82) is 0 Å². The maximum atomic E-state index is 6.00. The number of nitrogens with one attached hydrogen (secondary N) is 1. The molecule has 0 spiro atoms. The topological polar surface area (TPSA) is 21.3 Å². The summed E-state index contributed by atoms with van der Waals surface area (Å²) in [5, 5.41) is 3.75. The average molecular weight is 255 g/mol. The van der Waals surface area contributed by atoms with Gasteiger partial charge in [0.1, 0.15) is 0 Å². The van der Waals surface area contributed by atoms with Crippen molar-refractivity contribution >= 4 is 0 Å². The van der Waals surface area contributed by atoms with E-state index in [4.69, 9.17) is 4.74 Å². The summed E-state index contributed by atoms with van der Waals surface area (Å²) < 4.78 is 6.00. The second-order valence-electron chi connectivity index (χ2n) is 6.92. The second-order valence-corrected chi connectivity index (χ2v) is 6.92. The molecule has 0 aromatic rings.